The number of aromatic nitrogens is 3. The van der Waals surface area contributed by atoms with E-state index in [1.807, 2.05) is 30.0 Å². The second kappa shape index (κ2) is 7.68. The molecule has 27 heavy (non-hydrogen) atoms. The van der Waals surface area contributed by atoms with Crippen molar-refractivity contribution in [3.05, 3.63) is 41.0 Å². The molecule has 0 radical (unpaired) electrons. The molecule has 0 aliphatic carbocycles. The molecule has 0 saturated carbocycles. The first kappa shape index (κ1) is 18.0. The number of aryl methyl sites for hydroxylation is 1. The molecule has 0 spiro atoms. The highest BCUT2D eigenvalue weighted by Gasteiger charge is 2.31. The summed E-state index contributed by atoms with van der Waals surface area (Å²) in [6, 6.07) is 5.73. The topological polar surface area (TPSA) is 72.3 Å². The molecule has 2 aromatic rings. The summed E-state index contributed by atoms with van der Waals surface area (Å²) in [6.07, 6.45) is 2.92. The third kappa shape index (κ3) is 3.43. The number of carbonyl (C=O) groups excluding carboxylic acids is 1. The van der Waals surface area contributed by atoms with E-state index in [0.29, 0.717) is 17.9 Å². The van der Waals surface area contributed by atoms with Crippen LogP contribution in [0.3, 0.4) is 0 Å². The second-order valence-corrected chi connectivity index (χ2v) is 7.37. The molecule has 1 saturated heterocycles. The zero-order valence-corrected chi connectivity index (χ0v) is 16.1. The van der Waals surface area contributed by atoms with E-state index in [0.717, 1.165) is 62.7 Å². The van der Waals surface area contributed by atoms with E-state index in [-0.39, 0.29) is 11.8 Å². The Balaban J connectivity index is 1.56. The fraction of sp³-hybridized carbons (Fsp3) is 0.550. The third-order valence-corrected chi connectivity index (χ3v) is 5.61. The number of likely N-dealkylation sites (tertiary alicyclic amines) is 1. The van der Waals surface area contributed by atoms with E-state index in [1.54, 1.807) is 7.11 Å². The highest BCUT2D eigenvalue weighted by Crippen LogP contribution is 2.30. The maximum Gasteiger partial charge on any atom is 0.257 e. The summed E-state index contributed by atoms with van der Waals surface area (Å²) in [6.45, 7) is 6.20. The lowest BCUT2D eigenvalue weighted by Gasteiger charge is -2.33. The van der Waals surface area contributed by atoms with Crippen LogP contribution in [0.5, 0.6) is 5.75 Å². The molecule has 7 nitrogen and oxygen atoms in total. The lowest BCUT2D eigenvalue weighted by Crippen LogP contribution is -2.40. The molecule has 144 valence electrons. The molecule has 3 heterocycles. The smallest absolute Gasteiger partial charge is 0.257 e. The first-order valence-corrected chi connectivity index (χ1v) is 9.74. The van der Waals surface area contributed by atoms with Crippen LogP contribution in [0, 0.1) is 6.92 Å². The van der Waals surface area contributed by atoms with Crippen molar-refractivity contribution in [2.45, 2.75) is 38.6 Å². The molecule has 4 rings (SSSR count). The minimum absolute atomic E-state index is 0.0394. The van der Waals surface area contributed by atoms with Crippen molar-refractivity contribution in [3.63, 3.8) is 0 Å². The number of hydrogen-bond donors (Lipinski definition) is 1. The van der Waals surface area contributed by atoms with Gasteiger partial charge in [0, 0.05) is 45.1 Å². The Morgan fingerprint density at radius 3 is 3.00 bits per heavy atom. The summed E-state index contributed by atoms with van der Waals surface area (Å²) in [5.74, 6) is 3.03. The van der Waals surface area contributed by atoms with E-state index < -0.39 is 0 Å². The van der Waals surface area contributed by atoms with E-state index in [4.69, 9.17) is 4.74 Å². The molecule has 0 unspecified atom stereocenters. The van der Waals surface area contributed by atoms with Crippen molar-refractivity contribution >= 4 is 5.91 Å². The van der Waals surface area contributed by atoms with Crippen LogP contribution in [0.25, 0.3) is 0 Å². The van der Waals surface area contributed by atoms with Crippen molar-refractivity contribution in [1.82, 2.24) is 25.0 Å². The first-order chi connectivity index (χ1) is 13.2. The molecule has 1 fully saturated rings. The number of nitrogens with one attached hydrogen (secondary N) is 1. The van der Waals surface area contributed by atoms with Crippen LogP contribution in [0.1, 0.15) is 46.3 Å². The van der Waals surface area contributed by atoms with Crippen LogP contribution in [0.15, 0.2) is 18.2 Å². The molecular formula is C20H27N5O2. The lowest BCUT2D eigenvalue weighted by molar-refractivity contribution is 0.0699. The van der Waals surface area contributed by atoms with E-state index >= 15 is 0 Å². The summed E-state index contributed by atoms with van der Waals surface area (Å²) in [4.78, 5) is 15.1. The van der Waals surface area contributed by atoms with Gasteiger partial charge in [-0.25, -0.2) is 0 Å². The Bertz CT molecular complexity index is 832. The van der Waals surface area contributed by atoms with Gasteiger partial charge < -0.3 is 19.5 Å². The standard InChI is InChI=1S/C20H27N5O2/c1-14-5-3-7-16(18(14)27-2)20(26)24-11-4-6-15(13-24)19-23-22-17-8-9-21-10-12-25(17)19/h3,5,7,15,21H,4,6,8-13H2,1-2H3/t15-/m1/s1. The Kier molecular flexibility index (Phi) is 5.11. The molecule has 1 N–H and O–H groups in total. The molecule has 1 aromatic heterocycles. The molecule has 7 heteroatoms. The molecule has 1 aromatic carbocycles. The van der Waals surface area contributed by atoms with Gasteiger partial charge in [0.05, 0.1) is 12.7 Å². The van der Waals surface area contributed by atoms with E-state index in [9.17, 15) is 4.79 Å². The summed E-state index contributed by atoms with van der Waals surface area (Å²) >= 11 is 0. The third-order valence-electron chi connectivity index (χ3n) is 5.61. The zero-order valence-electron chi connectivity index (χ0n) is 16.1. The summed E-state index contributed by atoms with van der Waals surface area (Å²) < 4.78 is 7.75. The van der Waals surface area contributed by atoms with Gasteiger partial charge >= 0.3 is 0 Å². The van der Waals surface area contributed by atoms with Gasteiger partial charge in [-0.3, -0.25) is 4.79 Å². The van der Waals surface area contributed by atoms with Crippen molar-refractivity contribution in [2.75, 3.05) is 33.3 Å². The number of amides is 1. The molecule has 2 aliphatic heterocycles. The fourth-order valence-corrected chi connectivity index (χ4v) is 4.23. The minimum atomic E-state index is 0.0394. The van der Waals surface area contributed by atoms with Crippen LogP contribution >= 0.6 is 0 Å². The van der Waals surface area contributed by atoms with Crippen LogP contribution in [0.2, 0.25) is 0 Å². The number of carbonyl (C=O) groups is 1. The molecule has 1 amide bonds. The quantitative estimate of drug-likeness (QED) is 0.893. The molecular weight excluding hydrogens is 342 g/mol. The van der Waals surface area contributed by atoms with Gasteiger partial charge in [0.2, 0.25) is 0 Å². The predicted octanol–water partition coefficient (Wildman–Crippen LogP) is 1.76. The van der Waals surface area contributed by atoms with E-state index in [1.165, 1.54) is 0 Å². The molecule has 0 bridgehead atoms. The number of para-hydroxylation sites is 1. The number of piperidine rings is 1. The average molecular weight is 369 g/mol. The normalized spacial score (nSPS) is 20.1. The maximum atomic E-state index is 13.2. The Hall–Kier alpha value is -2.41. The number of benzene rings is 1. The number of rotatable bonds is 3. The van der Waals surface area contributed by atoms with Gasteiger partial charge in [0.15, 0.2) is 0 Å². The zero-order chi connectivity index (χ0) is 18.8. The average Bonchev–Trinajstić information content (AvgIpc) is 2.95. The van der Waals surface area contributed by atoms with Crippen molar-refractivity contribution < 1.29 is 9.53 Å². The first-order valence-electron chi connectivity index (χ1n) is 9.74. The second-order valence-electron chi connectivity index (χ2n) is 7.37. The van der Waals surface area contributed by atoms with E-state index in [2.05, 4.69) is 20.1 Å². The highest BCUT2D eigenvalue weighted by atomic mass is 16.5. The van der Waals surface area contributed by atoms with Crippen molar-refractivity contribution in [2.24, 2.45) is 0 Å². The van der Waals surface area contributed by atoms with Crippen LogP contribution in [-0.4, -0.2) is 58.9 Å². The van der Waals surface area contributed by atoms with Crippen LogP contribution in [0.4, 0.5) is 0 Å². The maximum absolute atomic E-state index is 13.2. The SMILES string of the molecule is COc1c(C)cccc1C(=O)N1CCC[C@@H](c2nnc3n2CCNCC3)C1. The highest BCUT2D eigenvalue weighted by molar-refractivity contribution is 5.97. The summed E-state index contributed by atoms with van der Waals surface area (Å²) in [5.41, 5.74) is 1.62. The Morgan fingerprint density at radius 1 is 1.26 bits per heavy atom. The lowest BCUT2D eigenvalue weighted by atomic mass is 9.96. The summed E-state index contributed by atoms with van der Waals surface area (Å²) in [7, 11) is 1.62. The van der Waals surface area contributed by atoms with Crippen LogP contribution in [-0.2, 0) is 13.0 Å². The number of fused-ring (bicyclic) bond motifs is 1. The van der Waals surface area contributed by atoms with Gasteiger partial charge in [-0.05, 0) is 31.4 Å². The number of ether oxygens (including phenoxy) is 1. The van der Waals surface area contributed by atoms with Gasteiger partial charge in [-0.2, -0.15) is 0 Å². The van der Waals surface area contributed by atoms with Crippen molar-refractivity contribution in [1.29, 1.82) is 0 Å². The number of methoxy groups -OCH3 is 1. The van der Waals surface area contributed by atoms with Crippen molar-refractivity contribution in [3.8, 4) is 5.75 Å². The van der Waals surface area contributed by atoms with Gasteiger partial charge in [0.1, 0.15) is 17.4 Å². The minimum Gasteiger partial charge on any atom is -0.496 e. The van der Waals surface area contributed by atoms with Gasteiger partial charge in [0.25, 0.3) is 5.91 Å². The summed E-state index contributed by atoms with van der Waals surface area (Å²) in [5, 5.41) is 12.3. The Labute approximate surface area is 159 Å². The number of hydrogen-bond acceptors (Lipinski definition) is 5. The largest absolute Gasteiger partial charge is 0.496 e. The van der Waals surface area contributed by atoms with Crippen LogP contribution < -0.4 is 10.1 Å². The van der Waals surface area contributed by atoms with Gasteiger partial charge in [-0.1, -0.05) is 12.1 Å². The fourth-order valence-electron chi connectivity index (χ4n) is 4.23. The van der Waals surface area contributed by atoms with Gasteiger partial charge in [-0.15, -0.1) is 10.2 Å². The predicted molar refractivity (Wildman–Crippen MR) is 102 cm³/mol. The molecule has 2 aliphatic rings. The Morgan fingerprint density at radius 2 is 2.15 bits per heavy atom. The number of nitrogens with zero attached hydrogens (tertiary/aromatic N) is 4. The molecule has 1 atom stereocenters. The monoisotopic (exact) mass is 369 g/mol.